The van der Waals surface area contributed by atoms with Crippen molar-refractivity contribution in [2.45, 2.75) is 39.7 Å². The van der Waals surface area contributed by atoms with E-state index in [1.165, 1.54) is 0 Å². The number of rotatable bonds is 4. The Balaban J connectivity index is 2.11. The fraction of sp³-hybridized carbons (Fsp3) is 0.562. The van der Waals surface area contributed by atoms with Gasteiger partial charge in [0.05, 0.1) is 5.56 Å². The highest BCUT2D eigenvalue weighted by molar-refractivity contribution is 5.98. The molecule has 1 atom stereocenters. The van der Waals surface area contributed by atoms with Crippen molar-refractivity contribution in [2.75, 3.05) is 13.1 Å². The zero-order valence-electron chi connectivity index (χ0n) is 12.9. The van der Waals surface area contributed by atoms with Gasteiger partial charge in [-0.15, -0.1) is 0 Å². The summed E-state index contributed by atoms with van der Waals surface area (Å²) in [5.74, 6) is -0.150. The number of amides is 2. The summed E-state index contributed by atoms with van der Waals surface area (Å²) in [6.45, 7) is 7.29. The normalized spacial score (nSPS) is 16.1. The molecule has 0 saturated carbocycles. The lowest BCUT2D eigenvalue weighted by Gasteiger charge is -2.26. The molecule has 1 aromatic rings. The lowest BCUT2D eigenvalue weighted by Crippen LogP contribution is -2.50. The highest BCUT2D eigenvalue weighted by Crippen LogP contribution is 2.14. The summed E-state index contributed by atoms with van der Waals surface area (Å²) >= 11 is 0. The third kappa shape index (κ3) is 3.60. The monoisotopic (exact) mass is 289 g/mol. The molecule has 1 N–H and O–H groups in total. The summed E-state index contributed by atoms with van der Waals surface area (Å²) in [5, 5.41) is 2.88. The number of nitrogens with one attached hydrogen (secondary N) is 1. The predicted molar refractivity (Wildman–Crippen MR) is 80.9 cm³/mol. The topological polar surface area (TPSA) is 62.3 Å². The van der Waals surface area contributed by atoms with Gasteiger partial charge in [-0.05, 0) is 37.8 Å². The molecular formula is C16H23N3O2. The molecule has 21 heavy (non-hydrogen) atoms. The number of carbonyl (C=O) groups is 2. The Bertz CT molecular complexity index is 522. The van der Waals surface area contributed by atoms with Crippen LogP contribution in [0.15, 0.2) is 18.3 Å². The molecule has 0 bridgehead atoms. The molecule has 2 amide bonds. The second-order valence-corrected chi connectivity index (χ2v) is 5.86. The summed E-state index contributed by atoms with van der Waals surface area (Å²) in [4.78, 5) is 30.9. The number of hydrogen-bond acceptors (Lipinski definition) is 3. The van der Waals surface area contributed by atoms with Crippen molar-refractivity contribution in [3.8, 4) is 0 Å². The van der Waals surface area contributed by atoms with Crippen molar-refractivity contribution in [3.05, 3.63) is 29.6 Å². The lowest BCUT2D eigenvalue weighted by molar-refractivity contribution is -0.133. The first-order valence-corrected chi connectivity index (χ1v) is 7.52. The van der Waals surface area contributed by atoms with E-state index in [0.29, 0.717) is 11.3 Å². The van der Waals surface area contributed by atoms with Crippen molar-refractivity contribution >= 4 is 11.8 Å². The van der Waals surface area contributed by atoms with E-state index in [1.54, 1.807) is 25.3 Å². The minimum Gasteiger partial charge on any atom is -0.341 e. The van der Waals surface area contributed by atoms with E-state index < -0.39 is 6.04 Å². The van der Waals surface area contributed by atoms with Crippen molar-refractivity contribution in [1.82, 2.24) is 15.2 Å². The van der Waals surface area contributed by atoms with E-state index in [4.69, 9.17) is 0 Å². The van der Waals surface area contributed by atoms with Crippen molar-refractivity contribution in [2.24, 2.45) is 5.92 Å². The molecule has 1 saturated heterocycles. The average Bonchev–Trinajstić information content (AvgIpc) is 2.98. The van der Waals surface area contributed by atoms with Crippen LogP contribution in [0.1, 0.15) is 42.7 Å². The number of nitrogens with zero attached hydrogens (tertiary/aromatic N) is 2. The van der Waals surface area contributed by atoms with Gasteiger partial charge in [0.1, 0.15) is 6.04 Å². The third-order valence-corrected chi connectivity index (χ3v) is 3.89. The number of likely N-dealkylation sites (tertiary alicyclic amines) is 1. The fourth-order valence-corrected chi connectivity index (χ4v) is 2.59. The molecule has 1 aliphatic heterocycles. The zero-order valence-corrected chi connectivity index (χ0v) is 12.9. The molecule has 1 fully saturated rings. The van der Waals surface area contributed by atoms with Crippen LogP contribution in [0.4, 0.5) is 0 Å². The molecule has 0 spiro atoms. The minimum absolute atomic E-state index is 0.0254. The number of hydrogen-bond donors (Lipinski definition) is 1. The lowest BCUT2D eigenvalue weighted by atomic mass is 10.0. The van der Waals surface area contributed by atoms with Crippen molar-refractivity contribution in [1.29, 1.82) is 0 Å². The Kier molecular flexibility index (Phi) is 4.94. The maximum atomic E-state index is 12.5. The van der Waals surface area contributed by atoms with Gasteiger partial charge in [-0.1, -0.05) is 13.8 Å². The average molecular weight is 289 g/mol. The SMILES string of the molecule is Cc1ncccc1C(=O)N[C@H](C(=O)N1CCCC1)C(C)C. The molecule has 114 valence electrons. The molecule has 0 radical (unpaired) electrons. The summed E-state index contributed by atoms with van der Waals surface area (Å²) in [7, 11) is 0. The molecule has 5 nitrogen and oxygen atoms in total. The standard InChI is InChI=1S/C16H23N3O2/c1-11(2)14(16(21)19-9-4-5-10-19)18-15(20)13-7-6-8-17-12(13)3/h6-8,11,14H,4-5,9-10H2,1-3H3,(H,18,20)/t14-/m0/s1. The Morgan fingerprint density at radius 1 is 1.29 bits per heavy atom. The van der Waals surface area contributed by atoms with Gasteiger partial charge in [0.25, 0.3) is 5.91 Å². The smallest absolute Gasteiger partial charge is 0.253 e. The molecule has 1 aromatic heterocycles. The number of aromatic nitrogens is 1. The summed E-state index contributed by atoms with van der Waals surface area (Å²) < 4.78 is 0. The van der Waals surface area contributed by atoms with E-state index in [-0.39, 0.29) is 17.7 Å². The quantitative estimate of drug-likeness (QED) is 0.919. The molecular weight excluding hydrogens is 266 g/mol. The third-order valence-electron chi connectivity index (χ3n) is 3.89. The minimum atomic E-state index is -0.477. The van der Waals surface area contributed by atoms with Gasteiger partial charge in [-0.3, -0.25) is 14.6 Å². The van der Waals surface area contributed by atoms with E-state index in [9.17, 15) is 9.59 Å². The highest BCUT2D eigenvalue weighted by atomic mass is 16.2. The van der Waals surface area contributed by atoms with Crippen LogP contribution in [-0.2, 0) is 4.79 Å². The summed E-state index contributed by atoms with van der Waals surface area (Å²) in [6.07, 6.45) is 3.75. The van der Waals surface area contributed by atoms with Crippen molar-refractivity contribution < 1.29 is 9.59 Å². The first-order chi connectivity index (χ1) is 10.0. The van der Waals surface area contributed by atoms with E-state index in [2.05, 4.69) is 10.3 Å². The Labute approximate surface area is 125 Å². The van der Waals surface area contributed by atoms with Gasteiger partial charge >= 0.3 is 0 Å². The van der Waals surface area contributed by atoms with E-state index in [0.717, 1.165) is 25.9 Å². The van der Waals surface area contributed by atoms with Gasteiger partial charge in [0, 0.05) is 25.0 Å². The molecule has 0 aliphatic carbocycles. The van der Waals surface area contributed by atoms with Crippen LogP contribution >= 0.6 is 0 Å². The van der Waals surface area contributed by atoms with Crippen LogP contribution in [0.5, 0.6) is 0 Å². The van der Waals surface area contributed by atoms with Crippen LogP contribution in [0.2, 0.25) is 0 Å². The maximum absolute atomic E-state index is 12.5. The molecule has 2 heterocycles. The fourth-order valence-electron chi connectivity index (χ4n) is 2.59. The summed E-state index contributed by atoms with van der Waals surface area (Å²) in [5.41, 5.74) is 1.20. The number of pyridine rings is 1. The number of carbonyl (C=O) groups excluding carboxylic acids is 2. The number of aryl methyl sites for hydroxylation is 1. The first-order valence-electron chi connectivity index (χ1n) is 7.52. The van der Waals surface area contributed by atoms with E-state index >= 15 is 0 Å². The Hall–Kier alpha value is -1.91. The predicted octanol–water partition coefficient (Wildman–Crippen LogP) is 1.77. The van der Waals surface area contributed by atoms with Crippen LogP contribution in [0.25, 0.3) is 0 Å². The van der Waals surface area contributed by atoms with Gasteiger partial charge in [0.15, 0.2) is 0 Å². The maximum Gasteiger partial charge on any atom is 0.253 e. The zero-order chi connectivity index (χ0) is 15.4. The van der Waals surface area contributed by atoms with Crippen LogP contribution in [0, 0.1) is 12.8 Å². The first kappa shape index (κ1) is 15.5. The van der Waals surface area contributed by atoms with Gasteiger partial charge in [-0.2, -0.15) is 0 Å². The highest BCUT2D eigenvalue weighted by Gasteiger charge is 2.30. The molecule has 5 heteroatoms. The van der Waals surface area contributed by atoms with Crippen LogP contribution < -0.4 is 5.32 Å². The molecule has 0 aromatic carbocycles. The molecule has 0 unspecified atom stereocenters. The second-order valence-electron chi connectivity index (χ2n) is 5.86. The van der Waals surface area contributed by atoms with Crippen LogP contribution in [-0.4, -0.2) is 40.8 Å². The van der Waals surface area contributed by atoms with Gasteiger partial charge < -0.3 is 10.2 Å². The van der Waals surface area contributed by atoms with Crippen LogP contribution in [0.3, 0.4) is 0 Å². The largest absolute Gasteiger partial charge is 0.341 e. The Morgan fingerprint density at radius 3 is 2.52 bits per heavy atom. The molecule has 2 rings (SSSR count). The second kappa shape index (κ2) is 6.70. The summed E-state index contributed by atoms with van der Waals surface area (Å²) in [6, 6.07) is 2.99. The van der Waals surface area contributed by atoms with Gasteiger partial charge in [0.2, 0.25) is 5.91 Å². The van der Waals surface area contributed by atoms with Gasteiger partial charge in [-0.25, -0.2) is 0 Å². The van der Waals surface area contributed by atoms with E-state index in [1.807, 2.05) is 18.7 Å². The Morgan fingerprint density at radius 2 is 1.95 bits per heavy atom. The molecule has 1 aliphatic rings. The van der Waals surface area contributed by atoms with Crippen molar-refractivity contribution in [3.63, 3.8) is 0 Å².